The van der Waals surface area contributed by atoms with Crippen LogP contribution < -0.4 is 21.7 Å². The van der Waals surface area contributed by atoms with Crippen molar-refractivity contribution < 1.29 is 39.2 Å². The van der Waals surface area contributed by atoms with Crippen LogP contribution in [0.25, 0.3) is 0 Å². The standard InChI is InChI=1S/C23H27FN4O7/c24-13-2-1-3-14(9-13)26-22(34)28-17-10-23(35,11-18(30)19(17)31)21(33)27-16(20(25)32)8-12-4-6-15(29)7-5-12/h1-7,9,16-19,29-31,35H,8,10-11H2,(H2,25,32)(H,27,33)(H2,26,28,34)/t16-,17-,18+,19+,23-/m0/s1. The molecule has 5 atom stereocenters. The predicted octanol–water partition coefficient (Wildman–Crippen LogP) is -0.519. The first-order valence-electron chi connectivity index (χ1n) is 10.8. The van der Waals surface area contributed by atoms with E-state index in [2.05, 4.69) is 16.0 Å². The number of nitrogens with one attached hydrogen (secondary N) is 3. The summed E-state index contributed by atoms with van der Waals surface area (Å²) in [7, 11) is 0. The van der Waals surface area contributed by atoms with Crippen LogP contribution in [0.4, 0.5) is 14.9 Å². The first-order valence-corrected chi connectivity index (χ1v) is 10.8. The van der Waals surface area contributed by atoms with Gasteiger partial charge >= 0.3 is 6.03 Å². The number of nitrogens with two attached hydrogens (primary N) is 1. The minimum Gasteiger partial charge on any atom is -0.508 e. The summed E-state index contributed by atoms with van der Waals surface area (Å²) in [6.45, 7) is 0. The SMILES string of the molecule is NC(=O)[C@H](Cc1ccc(O)cc1)NC(=O)[C@@]1(O)C[C@@H](O)[C@H](O)[C@@H](NC(=O)Nc2cccc(F)c2)C1. The number of carbonyl (C=O) groups excluding carboxylic acids is 3. The molecule has 0 aromatic heterocycles. The van der Waals surface area contributed by atoms with Crippen LogP contribution in [0.5, 0.6) is 5.75 Å². The molecule has 12 heteroatoms. The third-order valence-electron chi connectivity index (χ3n) is 5.76. The summed E-state index contributed by atoms with van der Waals surface area (Å²) < 4.78 is 13.3. The number of benzene rings is 2. The molecule has 0 unspecified atom stereocenters. The molecular formula is C23H27FN4O7. The minimum absolute atomic E-state index is 0.0115. The summed E-state index contributed by atoms with van der Waals surface area (Å²) in [6.07, 6.45) is -4.17. The highest BCUT2D eigenvalue weighted by Gasteiger charge is 2.49. The van der Waals surface area contributed by atoms with E-state index in [1.807, 2.05) is 0 Å². The summed E-state index contributed by atoms with van der Waals surface area (Å²) in [4.78, 5) is 37.2. The molecule has 0 bridgehead atoms. The largest absolute Gasteiger partial charge is 0.508 e. The highest BCUT2D eigenvalue weighted by Crippen LogP contribution is 2.30. The number of phenolic OH excluding ortho intramolecular Hbond substituents is 1. The van der Waals surface area contributed by atoms with Gasteiger partial charge in [0.05, 0.1) is 12.1 Å². The zero-order valence-corrected chi connectivity index (χ0v) is 18.5. The van der Waals surface area contributed by atoms with Crippen molar-refractivity contribution in [1.29, 1.82) is 0 Å². The van der Waals surface area contributed by atoms with Gasteiger partial charge in [0.25, 0.3) is 5.91 Å². The number of hydrogen-bond donors (Lipinski definition) is 8. The van der Waals surface area contributed by atoms with Crippen molar-refractivity contribution in [2.45, 2.75) is 49.2 Å². The van der Waals surface area contributed by atoms with Crippen molar-refractivity contribution in [3.05, 3.63) is 59.9 Å². The molecule has 9 N–H and O–H groups in total. The molecule has 0 spiro atoms. The lowest BCUT2D eigenvalue weighted by Crippen LogP contribution is -2.64. The number of aromatic hydroxyl groups is 1. The number of phenols is 1. The van der Waals surface area contributed by atoms with Gasteiger partial charge in [-0.05, 0) is 35.9 Å². The van der Waals surface area contributed by atoms with Crippen molar-refractivity contribution in [2.24, 2.45) is 5.73 Å². The van der Waals surface area contributed by atoms with Crippen molar-refractivity contribution in [2.75, 3.05) is 5.32 Å². The van der Waals surface area contributed by atoms with E-state index in [1.54, 1.807) is 0 Å². The molecule has 1 aliphatic rings. The Balaban J connectivity index is 1.68. The number of amides is 4. The Morgan fingerprint density at radius 1 is 1.11 bits per heavy atom. The van der Waals surface area contributed by atoms with Gasteiger partial charge in [0.2, 0.25) is 5.91 Å². The van der Waals surface area contributed by atoms with E-state index in [9.17, 15) is 39.2 Å². The number of anilines is 1. The molecule has 0 saturated heterocycles. The van der Waals surface area contributed by atoms with Gasteiger partial charge in [-0.15, -0.1) is 0 Å². The zero-order chi connectivity index (χ0) is 25.8. The topological polar surface area (TPSA) is 194 Å². The van der Waals surface area contributed by atoms with Crippen molar-refractivity contribution in [3.63, 3.8) is 0 Å². The van der Waals surface area contributed by atoms with Gasteiger partial charge in [-0.1, -0.05) is 18.2 Å². The summed E-state index contributed by atoms with van der Waals surface area (Å²) in [5.41, 5.74) is 3.84. The van der Waals surface area contributed by atoms with Crippen LogP contribution in [-0.2, 0) is 16.0 Å². The van der Waals surface area contributed by atoms with Crippen LogP contribution in [0, 0.1) is 5.82 Å². The maximum Gasteiger partial charge on any atom is 0.319 e. The Hall–Kier alpha value is -3.74. The second-order valence-electron chi connectivity index (χ2n) is 8.51. The van der Waals surface area contributed by atoms with Crippen molar-refractivity contribution >= 4 is 23.5 Å². The van der Waals surface area contributed by atoms with E-state index in [-0.39, 0.29) is 17.9 Å². The van der Waals surface area contributed by atoms with Crippen molar-refractivity contribution in [1.82, 2.24) is 10.6 Å². The Bertz CT molecular complexity index is 1080. The lowest BCUT2D eigenvalue weighted by molar-refractivity contribution is -0.158. The first-order chi connectivity index (χ1) is 16.5. The van der Waals surface area contributed by atoms with Gasteiger partial charge in [0.15, 0.2) is 0 Å². The van der Waals surface area contributed by atoms with Gasteiger partial charge < -0.3 is 42.1 Å². The third-order valence-corrected chi connectivity index (χ3v) is 5.76. The van der Waals surface area contributed by atoms with Gasteiger partial charge in [0.1, 0.15) is 29.3 Å². The van der Waals surface area contributed by atoms with E-state index >= 15 is 0 Å². The summed E-state index contributed by atoms with van der Waals surface area (Å²) in [5, 5.41) is 48.0. The average Bonchev–Trinajstić information content (AvgIpc) is 2.78. The van der Waals surface area contributed by atoms with E-state index < -0.39 is 66.4 Å². The fourth-order valence-corrected chi connectivity index (χ4v) is 3.91. The van der Waals surface area contributed by atoms with Gasteiger partial charge in [0, 0.05) is 24.9 Å². The molecule has 188 valence electrons. The van der Waals surface area contributed by atoms with E-state index in [1.165, 1.54) is 42.5 Å². The summed E-state index contributed by atoms with van der Waals surface area (Å²) in [5.74, 6) is -2.48. The number of urea groups is 1. The number of aliphatic hydroxyl groups excluding tert-OH is 2. The van der Waals surface area contributed by atoms with Crippen LogP contribution in [-0.4, -0.2) is 68.2 Å². The Morgan fingerprint density at radius 2 is 1.80 bits per heavy atom. The summed E-state index contributed by atoms with van der Waals surface area (Å²) >= 11 is 0. The quantitative estimate of drug-likeness (QED) is 0.256. The van der Waals surface area contributed by atoms with Gasteiger partial charge in [-0.2, -0.15) is 0 Å². The molecule has 1 saturated carbocycles. The lowest BCUT2D eigenvalue weighted by Gasteiger charge is -2.41. The fraction of sp³-hybridized carbons (Fsp3) is 0.348. The van der Waals surface area contributed by atoms with E-state index in [0.29, 0.717) is 5.56 Å². The van der Waals surface area contributed by atoms with Gasteiger partial charge in [-0.3, -0.25) is 9.59 Å². The molecular weight excluding hydrogens is 463 g/mol. The third kappa shape index (κ3) is 6.66. The van der Waals surface area contributed by atoms with Crippen LogP contribution >= 0.6 is 0 Å². The van der Waals surface area contributed by atoms with E-state index in [4.69, 9.17) is 5.73 Å². The molecule has 35 heavy (non-hydrogen) atoms. The minimum atomic E-state index is -2.25. The Morgan fingerprint density at radius 3 is 2.43 bits per heavy atom. The number of rotatable bonds is 7. The second kappa shape index (κ2) is 10.7. The highest BCUT2D eigenvalue weighted by molar-refractivity contribution is 5.92. The van der Waals surface area contributed by atoms with E-state index in [0.717, 1.165) is 6.07 Å². The molecule has 11 nitrogen and oxygen atoms in total. The molecule has 0 radical (unpaired) electrons. The zero-order valence-electron chi connectivity index (χ0n) is 18.5. The van der Waals surface area contributed by atoms with Crippen LogP contribution in [0.2, 0.25) is 0 Å². The molecule has 1 aliphatic carbocycles. The number of primary amides is 1. The smallest absolute Gasteiger partial charge is 0.319 e. The molecule has 0 heterocycles. The maximum atomic E-state index is 13.3. The van der Waals surface area contributed by atoms with Crippen LogP contribution in [0.1, 0.15) is 18.4 Å². The Kier molecular flexibility index (Phi) is 7.89. The summed E-state index contributed by atoms with van der Waals surface area (Å²) in [6, 6.07) is 7.57. The van der Waals surface area contributed by atoms with Crippen LogP contribution in [0.15, 0.2) is 48.5 Å². The normalized spacial score (nSPS) is 24.7. The number of aliphatic hydroxyl groups is 3. The van der Waals surface area contributed by atoms with Crippen molar-refractivity contribution in [3.8, 4) is 5.75 Å². The first kappa shape index (κ1) is 25.9. The molecule has 2 aromatic carbocycles. The predicted molar refractivity (Wildman–Crippen MR) is 121 cm³/mol. The number of carbonyl (C=O) groups is 3. The molecule has 2 aromatic rings. The number of hydrogen-bond acceptors (Lipinski definition) is 7. The second-order valence-corrected chi connectivity index (χ2v) is 8.51. The van der Waals surface area contributed by atoms with Crippen LogP contribution in [0.3, 0.4) is 0 Å². The molecule has 0 aliphatic heterocycles. The highest BCUT2D eigenvalue weighted by atomic mass is 19.1. The average molecular weight is 490 g/mol. The lowest BCUT2D eigenvalue weighted by atomic mass is 9.77. The maximum absolute atomic E-state index is 13.3. The molecule has 1 fully saturated rings. The Labute approximate surface area is 199 Å². The molecule has 4 amide bonds. The fourth-order valence-electron chi connectivity index (χ4n) is 3.91. The monoisotopic (exact) mass is 490 g/mol. The van der Waals surface area contributed by atoms with Gasteiger partial charge in [-0.25, -0.2) is 9.18 Å². The molecule has 3 rings (SSSR count). The number of halogens is 1.